The van der Waals surface area contributed by atoms with Crippen LogP contribution in [0.25, 0.3) is 0 Å². The van der Waals surface area contributed by atoms with Crippen molar-refractivity contribution in [1.29, 1.82) is 0 Å². The van der Waals surface area contributed by atoms with E-state index in [0.29, 0.717) is 29.5 Å². The van der Waals surface area contributed by atoms with Crippen LogP contribution in [-0.4, -0.2) is 25.0 Å². The van der Waals surface area contributed by atoms with Crippen LogP contribution < -0.4 is 15.0 Å². The lowest BCUT2D eigenvalue weighted by Crippen LogP contribution is -2.28. The Kier molecular flexibility index (Phi) is 5.24. The average molecular weight is 359 g/mol. The number of rotatable bonds is 5. The van der Waals surface area contributed by atoms with E-state index >= 15 is 0 Å². The third-order valence-electron chi connectivity index (χ3n) is 4.05. The lowest BCUT2D eigenvalue weighted by atomic mass is 10.1. The van der Waals surface area contributed by atoms with Gasteiger partial charge in [-0.05, 0) is 49.4 Å². The summed E-state index contributed by atoms with van der Waals surface area (Å²) in [5.41, 5.74) is 1.40. The fraction of sp³-hybridized carbons (Fsp3) is 0.263. The minimum atomic E-state index is -0.391. The fourth-order valence-corrected chi connectivity index (χ4v) is 3.01. The zero-order chi connectivity index (χ0) is 17.8. The van der Waals surface area contributed by atoms with Crippen LogP contribution >= 0.6 is 11.6 Å². The van der Waals surface area contributed by atoms with Crippen molar-refractivity contribution in [3.8, 4) is 5.75 Å². The monoisotopic (exact) mass is 358 g/mol. The summed E-state index contributed by atoms with van der Waals surface area (Å²) in [6.45, 7) is 2.86. The molecule has 6 heteroatoms. The van der Waals surface area contributed by atoms with Crippen LogP contribution in [0, 0.1) is 5.92 Å². The molecule has 0 bridgehead atoms. The Hall–Kier alpha value is -2.53. The molecule has 2 aromatic rings. The molecule has 5 nitrogen and oxygen atoms in total. The molecule has 3 rings (SSSR count). The number of nitrogens with one attached hydrogen (secondary N) is 1. The average Bonchev–Trinajstić information content (AvgIpc) is 2.99. The summed E-state index contributed by atoms with van der Waals surface area (Å²) in [7, 11) is 0. The van der Waals surface area contributed by atoms with Gasteiger partial charge in [-0.15, -0.1) is 0 Å². The topological polar surface area (TPSA) is 58.6 Å². The van der Waals surface area contributed by atoms with E-state index in [-0.39, 0.29) is 18.2 Å². The molecule has 2 aromatic carbocycles. The lowest BCUT2D eigenvalue weighted by molar-refractivity contribution is -0.122. The smallest absolute Gasteiger partial charge is 0.229 e. The summed E-state index contributed by atoms with van der Waals surface area (Å²) in [5, 5.41) is 3.42. The van der Waals surface area contributed by atoms with Gasteiger partial charge in [0.1, 0.15) is 5.75 Å². The number of carbonyl (C=O) groups excluding carboxylic acids is 2. The second-order valence-corrected chi connectivity index (χ2v) is 6.27. The van der Waals surface area contributed by atoms with Gasteiger partial charge < -0.3 is 15.0 Å². The van der Waals surface area contributed by atoms with E-state index in [0.717, 1.165) is 5.75 Å². The van der Waals surface area contributed by atoms with Crippen molar-refractivity contribution in [2.24, 2.45) is 5.92 Å². The zero-order valence-electron chi connectivity index (χ0n) is 13.9. The molecule has 1 fully saturated rings. The van der Waals surface area contributed by atoms with Gasteiger partial charge in [0.25, 0.3) is 0 Å². The van der Waals surface area contributed by atoms with Crippen LogP contribution in [0.3, 0.4) is 0 Å². The quantitative estimate of drug-likeness (QED) is 0.886. The summed E-state index contributed by atoms with van der Waals surface area (Å²) in [5.74, 6) is 0.123. The fourth-order valence-electron chi connectivity index (χ4n) is 2.82. The molecule has 0 aromatic heterocycles. The number of anilines is 2. The minimum absolute atomic E-state index is 0.0749. The van der Waals surface area contributed by atoms with Crippen LogP contribution in [0.5, 0.6) is 5.75 Å². The number of ether oxygens (including phenoxy) is 1. The van der Waals surface area contributed by atoms with Crippen molar-refractivity contribution in [1.82, 2.24) is 0 Å². The highest BCUT2D eigenvalue weighted by Gasteiger charge is 2.35. The highest BCUT2D eigenvalue weighted by Crippen LogP contribution is 2.28. The van der Waals surface area contributed by atoms with E-state index in [4.69, 9.17) is 16.3 Å². The van der Waals surface area contributed by atoms with E-state index in [1.807, 2.05) is 13.0 Å². The molecule has 0 aliphatic carbocycles. The Morgan fingerprint density at radius 2 is 2.04 bits per heavy atom. The van der Waals surface area contributed by atoms with Gasteiger partial charge in [0, 0.05) is 29.4 Å². The second-order valence-electron chi connectivity index (χ2n) is 5.83. The predicted molar refractivity (Wildman–Crippen MR) is 98.2 cm³/mol. The number of amides is 2. The zero-order valence-corrected chi connectivity index (χ0v) is 14.6. The second kappa shape index (κ2) is 7.57. The molecule has 1 saturated heterocycles. The van der Waals surface area contributed by atoms with Crippen molar-refractivity contribution in [2.45, 2.75) is 13.3 Å². The Morgan fingerprint density at radius 1 is 1.28 bits per heavy atom. The van der Waals surface area contributed by atoms with Crippen molar-refractivity contribution in [2.75, 3.05) is 23.4 Å². The first-order valence-electron chi connectivity index (χ1n) is 8.16. The van der Waals surface area contributed by atoms with Crippen LogP contribution in [-0.2, 0) is 9.59 Å². The molecule has 0 radical (unpaired) electrons. The molecule has 2 amide bonds. The summed E-state index contributed by atoms with van der Waals surface area (Å²) >= 11 is 5.98. The maximum Gasteiger partial charge on any atom is 0.229 e. The Morgan fingerprint density at radius 3 is 2.72 bits per heavy atom. The van der Waals surface area contributed by atoms with Gasteiger partial charge in [0.15, 0.2) is 0 Å². The van der Waals surface area contributed by atoms with Crippen molar-refractivity contribution < 1.29 is 14.3 Å². The molecule has 0 spiro atoms. The molecule has 1 atom stereocenters. The molecule has 0 saturated carbocycles. The molecule has 1 N–H and O–H groups in total. The number of carbonyl (C=O) groups is 2. The standard InChI is InChI=1S/C19H19ClN2O3/c1-2-25-17-8-6-15(7-9-17)21-19(24)13-10-18(23)22(12-13)16-5-3-4-14(20)11-16/h3-9,11,13H,2,10,12H2,1H3,(H,21,24). The van der Waals surface area contributed by atoms with Gasteiger partial charge in [-0.25, -0.2) is 0 Å². The summed E-state index contributed by atoms with van der Waals surface area (Å²) in [6, 6.07) is 14.3. The van der Waals surface area contributed by atoms with Gasteiger partial charge in [0.2, 0.25) is 11.8 Å². The Bertz CT molecular complexity index is 776. The van der Waals surface area contributed by atoms with E-state index < -0.39 is 5.92 Å². The van der Waals surface area contributed by atoms with Crippen molar-refractivity contribution in [3.63, 3.8) is 0 Å². The molecule has 1 unspecified atom stereocenters. The summed E-state index contributed by atoms with van der Waals surface area (Å²) in [4.78, 5) is 26.3. The van der Waals surface area contributed by atoms with Crippen LogP contribution in [0.1, 0.15) is 13.3 Å². The lowest BCUT2D eigenvalue weighted by Gasteiger charge is -2.17. The molecule has 1 heterocycles. The first-order valence-corrected chi connectivity index (χ1v) is 8.54. The maximum atomic E-state index is 12.5. The SMILES string of the molecule is CCOc1ccc(NC(=O)C2CC(=O)N(c3cccc(Cl)c3)C2)cc1. The van der Waals surface area contributed by atoms with Crippen molar-refractivity contribution in [3.05, 3.63) is 53.6 Å². The molecular formula is C19H19ClN2O3. The predicted octanol–water partition coefficient (Wildman–Crippen LogP) is 3.73. The molecule has 25 heavy (non-hydrogen) atoms. The van der Waals surface area contributed by atoms with Gasteiger partial charge in [-0.3, -0.25) is 9.59 Å². The molecule has 130 valence electrons. The van der Waals surface area contributed by atoms with Gasteiger partial charge in [-0.1, -0.05) is 17.7 Å². The normalized spacial score (nSPS) is 16.8. The van der Waals surface area contributed by atoms with E-state index in [1.165, 1.54) is 0 Å². The van der Waals surface area contributed by atoms with Gasteiger partial charge in [-0.2, -0.15) is 0 Å². The molecule has 1 aliphatic rings. The third kappa shape index (κ3) is 4.12. The summed E-state index contributed by atoms with van der Waals surface area (Å²) < 4.78 is 5.38. The number of halogens is 1. The van der Waals surface area contributed by atoms with E-state index in [2.05, 4.69) is 5.32 Å². The van der Waals surface area contributed by atoms with Crippen LogP contribution in [0.15, 0.2) is 48.5 Å². The van der Waals surface area contributed by atoms with Crippen LogP contribution in [0.4, 0.5) is 11.4 Å². The highest BCUT2D eigenvalue weighted by molar-refractivity contribution is 6.31. The van der Waals surface area contributed by atoms with E-state index in [9.17, 15) is 9.59 Å². The number of benzene rings is 2. The first kappa shape index (κ1) is 17.3. The third-order valence-corrected chi connectivity index (χ3v) is 4.28. The van der Waals surface area contributed by atoms with Crippen LogP contribution in [0.2, 0.25) is 5.02 Å². The number of hydrogen-bond acceptors (Lipinski definition) is 3. The van der Waals surface area contributed by atoms with Gasteiger partial charge in [0.05, 0.1) is 12.5 Å². The highest BCUT2D eigenvalue weighted by atomic mass is 35.5. The van der Waals surface area contributed by atoms with Gasteiger partial charge >= 0.3 is 0 Å². The Balaban J connectivity index is 1.64. The largest absolute Gasteiger partial charge is 0.494 e. The van der Waals surface area contributed by atoms with E-state index in [1.54, 1.807) is 47.4 Å². The maximum absolute atomic E-state index is 12.5. The molecule has 1 aliphatic heterocycles. The van der Waals surface area contributed by atoms with Crippen molar-refractivity contribution >= 4 is 34.8 Å². The number of nitrogens with zero attached hydrogens (tertiary/aromatic N) is 1. The minimum Gasteiger partial charge on any atom is -0.494 e. The molecular weight excluding hydrogens is 340 g/mol. The number of hydrogen-bond donors (Lipinski definition) is 1. The Labute approximate surface area is 151 Å². The first-order chi connectivity index (χ1) is 12.1. The summed E-state index contributed by atoms with van der Waals surface area (Å²) in [6.07, 6.45) is 0.190.